The van der Waals surface area contributed by atoms with Crippen LogP contribution in [0.4, 0.5) is 0 Å². The Hall–Kier alpha value is -2.01. The van der Waals surface area contributed by atoms with Gasteiger partial charge in [-0.2, -0.15) is 0 Å². The van der Waals surface area contributed by atoms with E-state index in [9.17, 15) is 4.79 Å². The minimum atomic E-state index is -0.190. The molecule has 19 heavy (non-hydrogen) atoms. The second-order valence-corrected chi connectivity index (χ2v) is 3.69. The van der Waals surface area contributed by atoms with E-state index in [1.807, 2.05) is 18.2 Å². The Bertz CT molecular complexity index is 421. The van der Waals surface area contributed by atoms with E-state index in [-0.39, 0.29) is 5.91 Å². The Morgan fingerprint density at radius 1 is 1.21 bits per heavy atom. The van der Waals surface area contributed by atoms with Gasteiger partial charge in [0.15, 0.2) is 0 Å². The summed E-state index contributed by atoms with van der Waals surface area (Å²) in [5, 5.41) is 2.70. The third-order valence-electron chi connectivity index (χ3n) is 2.47. The molecule has 0 aliphatic carbocycles. The molecule has 0 aliphatic rings. The predicted molar refractivity (Wildman–Crippen MR) is 73.5 cm³/mol. The van der Waals surface area contributed by atoms with Crippen molar-refractivity contribution in [2.75, 3.05) is 34.5 Å². The van der Waals surface area contributed by atoms with E-state index in [1.54, 1.807) is 27.4 Å². The van der Waals surface area contributed by atoms with Crippen molar-refractivity contribution in [3.05, 3.63) is 29.8 Å². The topological polar surface area (TPSA) is 56.8 Å². The minimum Gasteiger partial charge on any atom is -0.496 e. The fraction of sp³-hybridized carbons (Fsp3) is 0.357. The number of nitrogens with one attached hydrogen (secondary N) is 1. The molecule has 0 radical (unpaired) electrons. The van der Waals surface area contributed by atoms with Gasteiger partial charge in [-0.3, -0.25) is 4.79 Å². The summed E-state index contributed by atoms with van der Waals surface area (Å²) < 4.78 is 15.3. The Morgan fingerprint density at radius 2 is 1.84 bits per heavy atom. The highest BCUT2D eigenvalue weighted by atomic mass is 16.5. The highest BCUT2D eigenvalue weighted by Gasteiger charge is 2.06. The summed E-state index contributed by atoms with van der Waals surface area (Å²) >= 11 is 0. The summed E-state index contributed by atoms with van der Waals surface area (Å²) in [6.45, 7) is 0.959. The van der Waals surface area contributed by atoms with Gasteiger partial charge in [-0.05, 0) is 18.2 Å². The summed E-state index contributed by atoms with van der Waals surface area (Å²) in [6.07, 6.45) is 3.11. The third kappa shape index (κ3) is 4.63. The average Bonchev–Trinajstić information content (AvgIpc) is 2.44. The zero-order valence-electron chi connectivity index (χ0n) is 11.4. The van der Waals surface area contributed by atoms with Gasteiger partial charge in [0, 0.05) is 19.7 Å². The fourth-order valence-electron chi connectivity index (χ4n) is 1.54. The second-order valence-electron chi connectivity index (χ2n) is 3.69. The largest absolute Gasteiger partial charge is 0.496 e. The number of carbonyl (C=O) groups excluding carboxylic acids is 1. The number of rotatable bonds is 7. The second kappa shape index (κ2) is 8.16. The van der Waals surface area contributed by atoms with Crippen molar-refractivity contribution in [2.45, 2.75) is 0 Å². The lowest BCUT2D eigenvalue weighted by atomic mass is 10.1. The molecule has 0 heterocycles. The molecule has 5 heteroatoms. The summed E-state index contributed by atoms with van der Waals surface area (Å²) in [6, 6.07) is 5.45. The zero-order valence-corrected chi connectivity index (χ0v) is 11.4. The molecule has 0 bridgehead atoms. The van der Waals surface area contributed by atoms with E-state index in [4.69, 9.17) is 14.2 Å². The average molecular weight is 265 g/mol. The quantitative estimate of drug-likeness (QED) is 0.599. The first-order chi connectivity index (χ1) is 9.22. The number of hydrogen-bond acceptors (Lipinski definition) is 4. The van der Waals surface area contributed by atoms with Crippen LogP contribution >= 0.6 is 0 Å². The number of methoxy groups -OCH3 is 3. The van der Waals surface area contributed by atoms with Crippen LogP contribution in [0.15, 0.2) is 24.3 Å². The van der Waals surface area contributed by atoms with Gasteiger partial charge in [-0.15, -0.1) is 0 Å². The van der Waals surface area contributed by atoms with E-state index in [1.165, 1.54) is 6.08 Å². The van der Waals surface area contributed by atoms with E-state index in [0.717, 1.165) is 5.56 Å². The van der Waals surface area contributed by atoms with Gasteiger partial charge in [0.25, 0.3) is 0 Å². The number of amides is 1. The standard InChI is InChI=1S/C14H19NO4/c1-17-10-9-15-14(16)8-7-11-12(18-2)5-4-6-13(11)19-3/h4-8H,9-10H2,1-3H3,(H,15,16)/b8-7+. The lowest BCUT2D eigenvalue weighted by Gasteiger charge is -2.09. The molecular formula is C14H19NO4. The van der Waals surface area contributed by atoms with Crippen LogP contribution in [0.1, 0.15) is 5.56 Å². The molecule has 104 valence electrons. The maximum atomic E-state index is 11.6. The molecular weight excluding hydrogens is 246 g/mol. The van der Waals surface area contributed by atoms with Gasteiger partial charge >= 0.3 is 0 Å². The number of carbonyl (C=O) groups is 1. The van der Waals surface area contributed by atoms with Crippen LogP contribution in [-0.4, -0.2) is 40.4 Å². The summed E-state index contributed by atoms with van der Waals surface area (Å²) in [4.78, 5) is 11.6. The summed E-state index contributed by atoms with van der Waals surface area (Å²) in [5.74, 6) is 1.12. The van der Waals surface area contributed by atoms with Crippen LogP contribution in [0.25, 0.3) is 6.08 Å². The number of ether oxygens (including phenoxy) is 3. The fourth-order valence-corrected chi connectivity index (χ4v) is 1.54. The zero-order chi connectivity index (χ0) is 14.1. The van der Waals surface area contributed by atoms with E-state index >= 15 is 0 Å². The first kappa shape index (κ1) is 15.0. The third-order valence-corrected chi connectivity index (χ3v) is 2.47. The molecule has 0 fully saturated rings. The minimum absolute atomic E-state index is 0.190. The van der Waals surface area contributed by atoms with Crippen molar-refractivity contribution < 1.29 is 19.0 Å². The van der Waals surface area contributed by atoms with Crippen LogP contribution in [0.2, 0.25) is 0 Å². The first-order valence-electron chi connectivity index (χ1n) is 5.88. The van der Waals surface area contributed by atoms with E-state index in [0.29, 0.717) is 24.7 Å². The smallest absolute Gasteiger partial charge is 0.244 e. The Balaban J connectivity index is 2.77. The SMILES string of the molecule is COCCNC(=O)/C=C/c1c(OC)cccc1OC. The number of hydrogen-bond donors (Lipinski definition) is 1. The van der Waals surface area contributed by atoms with Crippen molar-refractivity contribution in [3.63, 3.8) is 0 Å². The van der Waals surface area contributed by atoms with Gasteiger partial charge in [0.1, 0.15) is 11.5 Å². The van der Waals surface area contributed by atoms with Gasteiger partial charge in [-0.25, -0.2) is 0 Å². The lowest BCUT2D eigenvalue weighted by molar-refractivity contribution is -0.116. The van der Waals surface area contributed by atoms with Gasteiger partial charge in [0.05, 0.1) is 26.4 Å². The normalized spacial score (nSPS) is 10.5. The van der Waals surface area contributed by atoms with Gasteiger partial charge < -0.3 is 19.5 Å². The molecule has 0 aliphatic heterocycles. The molecule has 1 N–H and O–H groups in total. The molecule has 1 aromatic carbocycles. The van der Waals surface area contributed by atoms with Crippen molar-refractivity contribution >= 4 is 12.0 Å². The molecule has 0 unspecified atom stereocenters. The van der Waals surface area contributed by atoms with Crippen LogP contribution in [0, 0.1) is 0 Å². The van der Waals surface area contributed by atoms with Crippen LogP contribution in [0.5, 0.6) is 11.5 Å². The van der Waals surface area contributed by atoms with E-state index < -0.39 is 0 Å². The molecule has 5 nitrogen and oxygen atoms in total. The van der Waals surface area contributed by atoms with E-state index in [2.05, 4.69) is 5.32 Å². The molecule has 0 aromatic heterocycles. The monoisotopic (exact) mass is 265 g/mol. The Labute approximate surface area is 113 Å². The highest BCUT2D eigenvalue weighted by Crippen LogP contribution is 2.29. The van der Waals surface area contributed by atoms with Crippen LogP contribution in [-0.2, 0) is 9.53 Å². The maximum absolute atomic E-state index is 11.6. The first-order valence-corrected chi connectivity index (χ1v) is 5.88. The molecule has 1 aromatic rings. The predicted octanol–water partition coefficient (Wildman–Crippen LogP) is 1.48. The number of benzene rings is 1. The van der Waals surface area contributed by atoms with Crippen molar-refractivity contribution in [1.29, 1.82) is 0 Å². The molecule has 1 rings (SSSR count). The molecule has 0 saturated carbocycles. The van der Waals surface area contributed by atoms with Gasteiger partial charge in [-0.1, -0.05) is 6.07 Å². The molecule has 0 atom stereocenters. The van der Waals surface area contributed by atoms with Crippen LogP contribution in [0.3, 0.4) is 0 Å². The Morgan fingerprint density at radius 3 is 2.37 bits per heavy atom. The lowest BCUT2D eigenvalue weighted by Crippen LogP contribution is -2.24. The molecule has 0 spiro atoms. The van der Waals surface area contributed by atoms with Crippen LogP contribution < -0.4 is 14.8 Å². The highest BCUT2D eigenvalue weighted by molar-refractivity contribution is 5.92. The maximum Gasteiger partial charge on any atom is 0.244 e. The van der Waals surface area contributed by atoms with Gasteiger partial charge in [0.2, 0.25) is 5.91 Å². The Kier molecular flexibility index (Phi) is 6.46. The van der Waals surface area contributed by atoms with Crippen molar-refractivity contribution in [2.24, 2.45) is 0 Å². The molecule has 0 saturated heterocycles. The van der Waals surface area contributed by atoms with Crippen molar-refractivity contribution in [3.8, 4) is 11.5 Å². The van der Waals surface area contributed by atoms with Crippen molar-refractivity contribution in [1.82, 2.24) is 5.32 Å². The summed E-state index contributed by atoms with van der Waals surface area (Å²) in [5.41, 5.74) is 0.731. The summed E-state index contributed by atoms with van der Waals surface area (Å²) in [7, 11) is 4.73. The molecule has 1 amide bonds.